The minimum Gasteiger partial charge on any atom is -0.490 e. The molecule has 0 unspecified atom stereocenters. The van der Waals surface area contributed by atoms with E-state index >= 15 is 0 Å². The summed E-state index contributed by atoms with van der Waals surface area (Å²) in [6.07, 6.45) is 3.12. The summed E-state index contributed by atoms with van der Waals surface area (Å²) in [5.41, 5.74) is 2.03. The first kappa shape index (κ1) is 33.0. The van der Waals surface area contributed by atoms with Crippen molar-refractivity contribution in [3.05, 3.63) is 118 Å². The number of aromatic nitrogens is 1. The van der Waals surface area contributed by atoms with Gasteiger partial charge in [0.15, 0.2) is 22.0 Å². The van der Waals surface area contributed by atoms with E-state index in [1.165, 1.54) is 41.3 Å². The van der Waals surface area contributed by atoms with E-state index in [9.17, 15) is 14.4 Å². The lowest BCUT2D eigenvalue weighted by molar-refractivity contribution is -0.136. The monoisotopic (exact) mass is 726 g/mol. The molecule has 46 heavy (non-hydrogen) atoms. The fourth-order valence-electron chi connectivity index (χ4n) is 4.84. The number of carboxylic acid groups (broad SMARTS) is 1. The fourth-order valence-corrected chi connectivity index (χ4v) is 6.80. The van der Waals surface area contributed by atoms with Gasteiger partial charge in [-0.15, -0.1) is 0 Å². The summed E-state index contributed by atoms with van der Waals surface area (Å²) in [5.74, 6) is -0.183. The second kappa shape index (κ2) is 14.4. The predicted molar refractivity (Wildman–Crippen MR) is 177 cm³/mol. The molecule has 0 aliphatic carbocycles. The van der Waals surface area contributed by atoms with E-state index in [2.05, 4.69) is 20.9 Å². The third-order valence-corrected chi connectivity index (χ3v) is 8.78. The predicted octanol–water partition coefficient (Wildman–Crippen LogP) is 5.51. The summed E-state index contributed by atoms with van der Waals surface area (Å²) in [6.45, 7) is 4.73. The van der Waals surface area contributed by atoms with E-state index in [1.54, 1.807) is 48.5 Å². The molecule has 0 fully saturated rings. The lowest BCUT2D eigenvalue weighted by atomic mass is 9.97. The standard InChI is InChI=1S/C33H28BrClN2O8S/c1-4-43-25-11-10-21(15-26(25)44-5-2)28-22(32(41)42-3)16-36-33-37(28)30(38)27(46-33)14-19-12-23(34)29(24(35)13-19)45-17-18-6-8-20(9-7-18)31(39)40/h6-16,28H,4-5,17H2,1-3H3,(H,39,40)/b27-14-/t28-/m1/s1. The van der Waals surface area contributed by atoms with Gasteiger partial charge in [0.05, 0.1) is 51.5 Å². The van der Waals surface area contributed by atoms with Crippen LogP contribution in [0.1, 0.15) is 46.9 Å². The Morgan fingerprint density at radius 2 is 1.76 bits per heavy atom. The molecular weight excluding hydrogens is 700 g/mol. The number of fused-ring (bicyclic) bond motifs is 1. The number of nitrogens with zero attached hydrogens (tertiary/aromatic N) is 2. The first-order valence-corrected chi connectivity index (χ1v) is 16.1. The third kappa shape index (κ3) is 6.88. The van der Waals surface area contributed by atoms with Gasteiger partial charge < -0.3 is 24.1 Å². The van der Waals surface area contributed by atoms with Crippen LogP contribution < -0.4 is 29.1 Å². The Bertz CT molecular complexity index is 2000. The molecule has 4 aromatic rings. The Morgan fingerprint density at radius 3 is 2.41 bits per heavy atom. The molecular formula is C33H28BrClN2O8S. The van der Waals surface area contributed by atoms with Gasteiger partial charge in [-0.25, -0.2) is 14.6 Å². The lowest BCUT2D eigenvalue weighted by Gasteiger charge is -2.23. The number of rotatable bonds is 11. The number of carbonyl (C=O) groups is 2. The summed E-state index contributed by atoms with van der Waals surface area (Å²) in [5, 5.41) is 9.41. The van der Waals surface area contributed by atoms with Crippen LogP contribution in [-0.4, -0.2) is 41.9 Å². The Kier molecular flexibility index (Phi) is 10.3. The van der Waals surface area contributed by atoms with E-state index in [0.717, 1.165) is 5.56 Å². The number of carboxylic acids is 1. The maximum Gasteiger partial charge on any atom is 0.337 e. The van der Waals surface area contributed by atoms with Crippen molar-refractivity contribution in [2.24, 2.45) is 4.99 Å². The average molecular weight is 728 g/mol. The SMILES string of the molecule is CCOc1ccc([C@@H]2C(C(=O)OC)=CN=c3s/c(=C\c4cc(Cl)c(OCc5ccc(C(=O)O)cc5)c(Br)c4)c(=O)n32)cc1OCC. The molecule has 0 bridgehead atoms. The van der Waals surface area contributed by atoms with Gasteiger partial charge in [-0.1, -0.05) is 41.1 Å². The van der Waals surface area contributed by atoms with Crippen LogP contribution in [0.5, 0.6) is 17.2 Å². The van der Waals surface area contributed by atoms with E-state index < -0.39 is 18.0 Å². The molecule has 3 aromatic carbocycles. The van der Waals surface area contributed by atoms with Gasteiger partial charge in [-0.2, -0.15) is 0 Å². The summed E-state index contributed by atoms with van der Waals surface area (Å²) >= 11 is 11.3. The highest BCUT2D eigenvalue weighted by Crippen LogP contribution is 2.36. The molecule has 1 atom stereocenters. The van der Waals surface area contributed by atoms with Crippen molar-refractivity contribution < 1.29 is 33.6 Å². The largest absolute Gasteiger partial charge is 0.490 e. The van der Waals surface area contributed by atoms with Crippen LogP contribution in [-0.2, 0) is 16.1 Å². The number of ether oxygens (including phenoxy) is 4. The maximum atomic E-state index is 13.9. The van der Waals surface area contributed by atoms with Gasteiger partial charge in [0.2, 0.25) is 0 Å². The number of carbonyl (C=O) groups excluding carboxylic acids is 1. The maximum absolute atomic E-state index is 13.9. The van der Waals surface area contributed by atoms with Crippen molar-refractivity contribution in [3.63, 3.8) is 0 Å². The molecule has 1 aliphatic rings. The number of benzene rings is 3. The van der Waals surface area contributed by atoms with E-state index in [1.807, 2.05) is 13.8 Å². The average Bonchev–Trinajstić information content (AvgIpc) is 3.35. The van der Waals surface area contributed by atoms with Crippen molar-refractivity contribution in [2.45, 2.75) is 26.5 Å². The van der Waals surface area contributed by atoms with Gasteiger partial charge in [-0.05, 0) is 88.9 Å². The van der Waals surface area contributed by atoms with Crippen molar-refractivity contribution >= 4 is 56.9 Å². The van der Waals surface area contributed by atoms with Crippen LogP contribution in [0, 0.1) is 0 Å². The Hall–Kier alpha value is -4.39. The van der Waals surface area contributed by atoms with E-state index in [4.69, 9.17) is 35.7 Å². The minimum atomic E-state index is -1.01. The van der Waals surface area contributed by atoms with Gasteiger partial charge in [0, 0.05) is 6.20 Å². The number of hydrogen-bond acceptors (Lipinski definition) is 9. The molecule has 13 heteroatoms. The molecule has 2 heterocycles. The molecule has 1 aliphatic heterocycles. The Labute approximate surface area is 280 Å². The quantitative estimate of drug-likeness (QED) is 0.201. The van der Waals surface area contributed by atoms with Crippen molar-refractivity contribution in [1.29, 1.82) is 0 Å². The molecule has 0 spiro atoms. The molecule has 0 amide bonds. The normalized spacial score (nSPS) is 14.2. The lowest BCUT2D eigenvalue weighted by Crippen LogP contribution is -2.39. The van der Waals surface area contributed by atoms with Crippen LogP contribution in [0.15, 0.2) is 80.6 Å². The first-order chi connectivity index (χ1) is 22.1. The van der Waals surface area contributed by atoms with Crippen molar-refractivity contribution in [3.8, 4) is 17.2 Å². The van der Waals surface area contributed by atoms with Crippen molar-refractivity contribution in [2.75, 3.05) is 20.3 Å². The molecule has 1 N–H and O–H groups in total. The number of thiazole rings is 1. The fraction of sp³-hybridized carbons (Fsp3) is 0.212. The van der Waals surface area contributed by atoms with Crippen LogP contribution in [0.25, 0.3) is 6.08 Å². The number of aromatic carboxylic acids is 1. The molecule has 238 valence electrons. The highest BCUT2D eigenvalue weighted by molar-refractivity contribution is 9.10. The van der Waals surface area contributed by atoms with Gasteiger partial charge >= 0.3 is 11.9 Å². The molecule has 10 nitrogen and oxygen atoms in total. The Balaban J connectivity index is 1.51. The number of methoxy groups -OCH3 is 1. The molecule has 0 saturated heterocycles. The van der Waals surface area contributed by atoms with Gasteiger partial charge in [0.25, 0.3) is 5.56 Å². The van der Waals surface area contributed by atoms with Gasteiger partial charge in [-0.3, -0.25) is 9.36 Å². The highest BCUT2D eigenvalue weighted by atomic mass is 79.9. The topological polar surface area (TPSA) is 126 Å². The van der Waals surface area contributed by atoms with Gasteiger partial charge in [0.1, 0.15) is 6.61 Å². The smallest absolute Gasteiger partial charge is 0.337 e. The van der Waals surface area contributed by atoms with Crippen LogP contribution in [0.2, 0.25) is 5.02 Å². The third-order valence-electron chi connectivity index (χ3n) is 6.91. The number of halogens is 2. The minimum absolute atomic E-state index is 0.162. The number of esters is 1. The summed E-state index contributed by atoms with van der Waals surface area (Å²) in [6, 6.07) is 14.3. The first-order valence-electron chi connectivity index (χ1n) is 14.1. The summed E-state index contributed by atoms with van der Waals surface area (Å²) in [7, 11) is 1.28. The van der Waals surface area contributed by atoms with E-state index in [-0.39, 0.29) is 23.3 Å². The Morgan fingerprint density at radius 1 is 1.04 bits per heavy atom. The van der Waals surface area contributed by atoms with Crippen LogP contribution >= 0.6 is 38.9 Å². The van der Waals surface area contributed by atoms with Crippen LogP contribution in [0.4, 0.5) is 0 Å². The summed E-state index contributed by atoms with van der Waals surface area (Å²) in [4.78, 5) is 42.7. The van der Waals surface area contributed by atoms with Crippen molar-refractivity contribution in [1.82, 2.24) is 4.57 Å². The zero-order valence-electron chi connectivity index (χ0n) is 24.9. The molecule has 5 rings (SSSR count). The molecule has 0 saturated carbocycles. The summed E-state index contributed by atoms with van der Waals surface area (Å²) < 4.78 is 24.9. The highest BCUT2D eigenvalue weighted by Gasteiger charge is 2.31. The second-order valence-corrected chi connectivity index (χ2v) is 12.1. The zero-order chi connectivity index (χ0) is 33.0. The van der Waals surface area contributed by atoms with E-state index in [0.29, 0.717) is 60.4 Å². The van der Waals surface area contributed by atoms with Crippen LogP contribution in [0.3, 0.4) is 0 Å². The zero-order valence-corrected chi connectivity index (χ0v) is 28.1. The molecule has 0 radical (unpaired) electrons. The molecule has 1 aromatic heterocycles. The second-order valence-electron chi connectivity index (χ2n) is 9.85. The number of hydrogen-bond donors (Lipinski definition) is 1.